The largest absolute Gasteiger partial charge is 0.508 e. The summed E-state index contributed by atoms with van der Waals surface area (Å²) in [6.45, 7) is 3.65. The van der Waals surface area contributed by atoms with E-state index in [0.29, 0.717) is 6.61 Å². The summed E-state index contributed by atoms with van der Waals surface area (Å²) in [5.74, 6) is 0.648. The summed E-state index contributed by atoms with van der Waals surface area (Å²) in [6.07, 6.45) is 3.77. The summed E-state index contributed by atoms with van der Waals surface area (Å²) in [5, 5.41) is 9.88. The van der Waals surface area contributed by atoms with Crippen molar-refractivity contribution in [2.75, 3.05) is 26.2 Å². The van der Waals surface area contributed by atoms with Gasteiger partial charge in [0.2, 0.25) is 0 Å². The minimum Gasteiger partial charge on any atom is -0.508 e. The minimum atomic E-state index is -0.282. The summed E-state index contributed by atoms with van der Waals surface area (Å²) < 4.78 is 20.1. The Morgan fingerprint density at radius 2 is 1.49 bits per heavy atom. The first kappa shape index (κ1) is 23.1. The van der Waals surface area contributed by atoms with Gasteiger partial charge in [0.25, 0.3) is 0 Å². The molecule has 0 aliphatic carbocycles. The monoisotopic (exact) mass is 468 g/mol. The SMILES string of the molecule is Oc1ccc(-c2c(OCCN3CCCCC3)cc(-c3ccc(F)cc3)nc2-c2ccccc2)cc1. The smallest absolute Gasteiger partial charge is 0.131 e. The predicted octanol–water partition coefficient (Wildman–Crippen LogP) is 6.79. The Morgan fingerprint density at radius 1 is 0.800 bits per heavy atom. The number of aromatic nitrogens is 1. The molecule has 0 bridgehead atoms. The molecule has 3 aromatic carbocycles. The summed E-state index contributed by atoms with van der Waals surface area (Å²) in [5.41, 5.74) is 5.07. The van der Waals surface area contributed by atoms with Crippen molar-refractivity contribution in [2.45, 2.75) is 19.3 Å². The topological polar surface area (TPSA) is 45.6 Å². The van der Waals surface area contributed by atoms with Crippen LogP contribution in [0, 0.1) is 5.82 Å². The zero-order valence-electron chi connectivity index (χ0n) is 19.7. The van der Waals surface area contributed by atoms with Crippen LogP contribution < -0.4 is 4.74 Å². The van der Waals surface area contributed by atoms with E-state index >= 15 is 0 Å². The number of phenolic OH excluding ortho intramolecular Hbond substituents is 1. The van der Waals surface area contributed by atoms with Crippen LogP contribution in [0.4, 0.5) is 4.39 Å². The van der Waals surface area contributed by atoms with Crippen LogP contribution in [-0.2, 0) is 0 Å². The average Bonchev–Trinajstić information content (AvgIpc) is 2.90. The number of likely N-dealkylation sites (tertiary alicyclic amines) is 1. The van der Waals surface area contributed by atoms with Crippen LogP contribution in [0.5, 0.6) is 11.5 Å². The van der Waals surface area contributed by atoms with Crippen molar-refractivity contribution in [2.24, 2.45) is 0 Å². The zero-order chi connectivity index (χ0) is 24.0. The third-order valence-corrected chi connectivity index (χ3v) is 6.44. The highest BCUT2D eigenvalue weighted by Crippen LogP contribution is 2.41. The first-order chi connectivity index (χ1) is 17.2. The average molecular weight is 469 g/mol. The molecule has 4 nitrogen and oxygen atoms in total. The number of hydrogen-bond donors (Lipinski definition) is 1. The van der Waals surface area contributed by atoms with Gasteiger partial charge in [-0.25, -0.2) is 9.37 Å². The van der Waals surface area contributed by atoms with Crippen LogP contribution in [-0.4, -0.2) is 41.2 Å². The van der Waals surface area contributed by atoms with Gasteiger partial charge in [-0.2, -0.15) is 0 Å². The molecule has 5 rings (SSSR count). The highest BCUT2D eigenvalue weighted by Gasteiger charge is 2.19. The second-order valence-electron chi connectivity index (χ2n) is 8.90. The molecule has 0 saturated carbocycles. The van der Waals surface area contributed by atoms with E-state index in [4.69, 9.17) is 9.72 Å². The highest BCUT2D eigenvalue weighted by atomic mass is 19.1. The van der Waals surface area contributed by atoms with Crippen LogP contribution in [0.1, 0.15) is 19.3 Å². The van der Waals surface area contributed by atoms with Gasteiger partial charge in [0, 0.05) is 23.7 Å². The number of phenols is 1. The third-order valence-electron chi connectivity index (χ3n) is 6.44. The van der Waals surface area contributed by atoms with Gasteiger partial charge >= 0.3 is 0 Å². The van der Waals surface area contributed by atoms with Crippen molar-refractivity contribution in [3.8, 4) is 45.1 Å². The molecule has 2 heterocycles. The molecule has 5 heteroatoms. The number of ether oxygens (including phenoxy) is 1. The molecule has 1 N–H and O–H groups in total. The van der Waals surface area contributed by atoms with E-state index in [0.717, 1.165) is 59.0 Å². The fourth-order valence-electron chi connectivity index (χ4n) is 4.58. The fourth-order valence-corrected chi connectivity index (χ4v) is 4.58. The van der Waals surface area contributed by atoms with Crippen molar-refractivity contribution < 1.29 is 14.2 Å². The van der Waals surface area contributed by atoms with E-state index in [1.54, 1.807) is 24.3 Å². The Bertz CT molecular complexity index is 1250. The first-order valence-electron chi connectivity index (χ1n) is 12.2. The summed E-state index contributed by atoms with van der Waals surface area (Å²) in [6, 6.07) is 25.4. The summed E-state index contributed by atoms with van der Waals surface area (Å²) >= 11 is 0. The molecule has 1 fully saturated rings. The van der Waals surface area contributed by atoms with Gasteiger partial charge in [-0.3, -0.25) is 4.90 Å². The van der Waals surface area contributed by atoms with Gasteiger partial charge in [0.15, 0.2) is 0 Å². The van der Waals surface area contributed by atoms with E-state index < -0.39 is 0 Å². The molecule has 1 aliphatic heterocycles. The second kappa shape index (κ2) is 10.7. The molecule has 0 amide bonds. The molecular formula is C30H29FN2O2. The lowest BCUT2D eigenvalue weighted by Crippen LogP contribution is -2.33. The van der Waals surface area contributed by atoms with E-state index in [-0.39, 0.29) is 11.6 Å². The second-order valence-corrected chi connectivity index (χ2v) is 8.90. The lowest BCUT2D eigenvalue weighted by Gasteiger charge is -2.26. The summed E-state index contributed by atoms with van der Waals surface area (Å²) in [4.78, 5) is 7.47. The molecule has 1 aliphatic rings. The van der Waals surface area contributed by atoms with Crippen molar-refractivity contribution in [3.63, 3.8) is 0 Å². The molecule has 35 heavy (non-hydrogen) atoms. The maximum Gasteiger partial charge on any atom is 0.131 e. The molecule has 0 spiro atoms. The van der Waals surface area contributed by atoms with Crippen LogP contribution >= 0.6 is 0 Å². The lowest BCUT2D eigenvalue weighted by molar-refractivity contribution is 0.183. The standard InChI is InChI=1S/C30H29FN2O2/c31-25-13-9-22(10-14-25)27-21-28(35-20-19-33-17-5-2-6-18-33)29(23-11-15-26(34)16-12-23)30(32-27)24-7-3-1-4-8-24/h1,3-4,7-16,21,34H,2,5-6,17-20H2. The molecule has 1 aromatic heterocycles. The van der Waals surface area contributed by atoms with Crippen LogP contribution in [0.3, 0.4) is 0 Å². The van der Waals surface area contributed by atoms with Gasteiger partial charge in [-0.1, -0.05) is 48.9 Å². The fraction of sp³-hybridized carbons (Fsp3) is 0.233. The highest BCUT2D eigenvalue weighted by molar-refractivity contribution is 5.87. The number of piperidine rings is 1. The minimum absolute atomic E-state index is 0.207. The van der Waals surface area contributed by atoms with Crippen LogP contribution in [0.15, 0.2) is 84.9 Å². The first-order valence-corrected chi connectivity index (χ1v) is 12.2. The summed E-state index contributed by atoms with van der Waals surface area (Å²) in [7, 11) is 0. The Balaban J connectivity index is 1.61. The van der Waals surface area contributed by atoms with Crippen LogP contribution in [0.2, 0.25) is 0 Å². The zero-order valence-corrected chi connectivity index (χ0v) is 19.7. The van der Waals surface area contributed by atoms with Crippen molar-refractivity contribution in [1.29, 1.82) is 0 Å². The maximum absolute atomic E-state index is 13.6. The number of rotatable bonds is 7. The van der Waals surface area contributed by atoms with Gasteiger partial charge in [-0.15, -0.1) is 0 Å². The normalized spacial score (nSPS) is 14.1. The molecular weight excluding hydrogens is 439 g/mol. The molecule has 0 radical (unpaired) electrons. The number of nitrogens with zero attached hydrogens (tertiary/aromatic N) is 2. The third kappa shape index (κ3) is 5.52. The quantitative estimate of drug-likeness (QED) is 0.324. The number of pyridine rings is 1. The van der Waals surface area contributed by atoms with Crippen molar-refractivity contribution >= 4 is 0 Å². The van der Waals surface area contributed by atoms with Crippen molar-refractivity contribution in [3.05, 3.63) is 90.7 Å². The Labute approximate surface area is 205 Å². The number of benzene rings is 3. The Morgan fingerprint density at radius 3 is 2.20 bits per heavy atom. The molecule has 0 unspecified atom stereocenters. The van der Waals surface area contributed by atoms with E-state index in [1.165, 1.54) is 31.4 Å². The number of aromatic hydroxyl groups is 1. The lowest BCUT2D eigenvalue weighted by atomic mass is 9.96. The Kier molecular flexibility index (Phi) is 7.05. The van der Waals surface area contributed by atoms with Gasteiger partial charge in [0.1, 0.15) is 23.9 Å². The van der Waals surface area contributed by atoms with Gasteiger partial charge < -0.3 is 9.84 Å². The van der Waals surface area contributed by atoms with Crippen molar-refractivity contribution in [1.82, 2.24) is 9.88 Å². The van der Waals surface area contributed by atoms with E-state index in [2.05, 4.69) is 4.90 Å². The number of halogens is 1. The Hall–Kier alpha value is -3.70. The van der Waals surface area contributed by atoms with E-state index in [9.17, 15) is 9.50 Å². The molecule has 1 saturated heterocycles. The molecule has 178 valence electrons. The van der Waals surface area contributed by atoms with E-state index in [1.807, 2.05) is 48.5 Å². The number of hydrogen-bond acceptors (Lipinski definition) is 4. The molecule has 0 atom stereocenters. The van der Waals surface area contributed by atoms with Gasteiger partial charge in [0.05, 0.1) is 17.0 Å². The predicted molar refractivity (Wildman–Crippen MR) is 138 cm³/mol. The van der Waals surface area contributed by atoms with Crippen LogP contribution in [0.25, 0.3) is 33.6 Å². The molecule has 4 aromatic rings. The van der Waals surface area contributed by atoms with Gasteiger partial charge in [-0.05, 0) is 67.9 Å². The maximum atomic E-state index is 13.6.